The van der Waals surface area contributed by atoms with Crippen LogP contribution < -0.4 is 15.4 Å². The molecule has 1 fully saturated rings. The highest BCUT2D eigenvalue weighted by Gasteiger charge is 2.39. The van der Waals surface area contributed by atoms with Gasteiger partial charge in [0.2, 0.25) is 0 Å². The van der Waals surface area contributed by atoms with Crippen molar-refractivity contribution in [1.82, 2.24) is 10.6 Å². The lowest BCUT2D eigenvalue weighted by molar-refractivity contribution is 0.0697. The molecular weight excluding hydrogens is 332 g/mol. The number of carboxylic acid groups (broad SMARTS) is 1. The van der Waals surface area contributed by atoms with E-state index in [1.165, 1.54) is 17.7 Å². The Morgan fingerprint density at radius 2 is 1.81 bits per heavy atom. The van der Waals surface area contributed by atoms with Crippen molar-refractivity contribution in [2.75, 3.05) is 6.61 Å². The second-order valence-electron chi connectivity index (χ2n) is 6.28. The lowest BCUT2D eigenvalue weighted by Crippen LogP contribution is -2.36. The lowest BCUT2D eigenvalue weighted by Gasteiger charge is -2.08. The van der Waals surface area contributed by atoms with Crippen LogP contribution in [0.1, 0.15) is 40.7 Å². The number of urea groups is 1. The van der Waals surface area contributed by atoms with Crippen LogP contribution in [0.2, 0.25) is 0 Å². The number of hydrogen-bond acceptors (Lipinski definition) is 3. The summed E-state index contributed by atoms with van der Waals surface area (Å²) in [5.41, 5.74) is 2.28. The highest BCUT2D eigenvalue weighted by molar-refractivity contribution is 5.87. The number of ether oxygens (including phenoxy) is 1. The summed E-state index contributed by atoms with van der Waals surface area (Å²) in [6, 6.07) is 14.4. The fourth-order valence-corrected chi connectivity index (χ4v) is 2.87. The third-order valence-electron chi connectivity index (χ3n) is 4.38. The molecule has 6 nitrogen and oxygen atoms in total. The summed E-state index contributed by atoms with van der Waals surface area (Å²) in [6.45, 7) is 2.95. The Kier molecular flexibility index (Phi) is 5.41. The van der Waals surface area contributed by atoms with Gasteiger partial charge in [-0.1, -0.05) is 24.3 Å². The van der Waals surface area contributed by atoms with Crippen LogP contribution in [0.3, 0.4) is 0 Å². The van der Waals surface area contributed by atoms with E-state index in [0.29, 0.717) is 19.1 Å². The first-order valence-electron chi connectivity index (χ1n) is 8.66. The Hall–Kier alpha value is -3.02. The van der Waals surface area contributed by atoms with E-state index in [1.54, 1.807) is 12.1 Å². The number of rotatable bonds is 7. The summed E-state index contributed by atoms with van der Waals surface area (Å²) < 4.78 is 5.43. The van der Waals surface area contributed by atoms with Crippen molar-refractivity contribution in [3.05, 3.63) is 65.2 Å². The maximum Gasteiger partial charge on any atom is 0.335 e. The molecule has 6 heteroatoms. The molecule has 136 valence electrons. The molecule has 0 aromatic heterocycles. The zero-order chi connectivity index (χ0) is 18.5. The third-order valence-corrected chi connectivity index (χ3v) is 4.38. The van der Waals surface area contributed by atoms with Crippen LogP contribution in [0.5, 0.6) is 5.75 Å². The van der Waals surface area contributed by atoms with E-state index >= 15 is 0 Å². The van der Waals surface area contributed by atoms with E-state index in [2.05, 4.69) is 10.6 Å². The first-order chi connectivity index (χ1) is 12.6. The summed E-state index contributed by atoms with van der Waals surface area (Å²) in [5.74, 6) is 0.232. The molecule has 1 aliphatic carbocycles. The molecule has 0 saturated heterocycles. The van der Waals surface area contributed by atoms with Gasteiger partial charge < -0.3 is 20.5 Å². The minimum absolute atomic E-state index is 0.141. The van der Waals surface area contributed by atoms with Crippen LogP contribution in [0.15, 0.2) is 48.5 Å². The Labute approximate surface area is 152 Å². The van der Waals surface area contributed by atoms with E-state index in [-0.39, 0.29) is 17.6 Å². The summed E-state index contributed by atoms with van der Waals surface area (Å²) in [6.07, 6.45) is 0.925. The van der Waals surface area contributed by atoms with Crippen molar-refractivity contribution in [1.29, 1.82) is 0 Å². The molecule has 3 rings (SSSR count). The predicted molar refractivity (Wildman–Crippen MR) is 97.5 cm³/mol. The topological polar surface area (TPSA) is 87.7 Å². The molecule has 0 unspecified atom stereocenters. The van der Waals surface area contributed by atoms with Gasteiger partial charge in [0.1, 0.15) is 5.75 Å². The molecule has 3 N–H and O–H groups in total. The van der Waals surface area contributed by atoms with Crippen molar-refractivity contribution in [2.45, 2.75) is 31.8 Å². The molecule has 2 atom stereocenters. The first-order valence-corrected chi connectivity index (χ1v) is 8.66. The van der Waals surface area contributed by atoms with Gasteiger partial charge in [0.15, 0.2) is 0 Å². The molecule has 26 heavy (non-hydrogen) atoms. The van der Waals surface area contributed by atoms with Gasteiger partial charge in [0.05, 0.1) is 12.2 Å². The van der Waals surface area contributed by atoms with Gasteiger partial charge in [-0.3, -0.25) is 0 Å². The fourth-order valence-electron chi connectivity index (χ4n) is 2.87. The zero-order valence-corrected chi connectivity index (χ0v) is 14.6. The van der Waals surface area contributed by atoms with E-state index in [9.17, 15) is 9.59 Å². The molecule has 1 saturated carbocycles. The minimum atomic E-state index is -0.962. The predicted octanol–water partition coefficient (Wildman–Crippen LogP) is 3.14. The van der Waals surface area contributed by atoms with E-state index in [0.717, 1.165) is 17.7 Å². The summed E-state index contributed by atoms with van der Waals surface area (Å²) in [5, 5.41) is 14.6. The van der Waals surface area contributed by atoms with Gasteiger partial charge in [-0.15, -0.1) is 0 Å². The molecule has 0 radical (unpaired) electrons. The average Bonchev–Trinajstić information content (AvgIpc) is 3.40. The second kappa shape index (κ2) is 7.91. The number of amides is 2. The Bertz CT molecular complexity index is 771. The maximum atomic E-state index is 12.0. The van der Waals surface area contributed by atoms with Gasteiger partial charge in [-0.25, -0.2) is 9.59 Å². The molecule has 2 aromatic carbocycles. The molecule has 2 amide bonds. The molecule has 1 aliphatic rings. The molecular formula is C20H22N2O4. The number of carbonyl (C=O) groups is 2. The SMILES string of the molecule is CCOc1ccc([C@@H]2C[C@H]2NC(=O)NCc2ccc(C(=O)O)cc2)cc1. The smallest absolute Gasteiger partial charge is 0.335 e. The zero-order valence-electron chi connectivity index (χ0n) is 14.6. The molecule has 0 heterocycles. The van der Waals surface area contributed by atoms with Crippen LogP contribution in [0.25, 0.3) is 0 Å². The monoisotopic (exact) mass is 354 g/mol. The van der Waals surface area contributed by atoms with Gasteiger partial charge in [0, 0.05) is 18.5 Å². The highest BCUT2D eigenvalue weighted by atomic mass is 16.5. The van der Waals surface area contributed by atoms with E-state index < -0.39 is 5.97 Å². The van der Waals surface area contributed by atoms with Crippen LogP contribution in [-0.2, 0) is 6.54 Å². The van der Waals surface area contributed by atoms with E-state index in [4.69, 9.17) is 9.84 Å². The molecule has 0 spiro atoms. The number of aromatic carboxylic acids is 1. The number of nitrogens with one attached hydrogen (secondary N) is 2. The summed E-state index contributed by atoms with van der Waals surface area (Å²) in [4.78, 5) is 22.8. The summed E-state index contributed by atoms with van der Waals surface area (Å²) >= 11 is 0. The summed E-state index contributed by atoms with van der Waals surface area (Å²) in [7, 11) is 0. The Morgan fingerprint density at radius 1 is 1.12 bits per heavy atom. The standard InChI is InChI=1S/C20H22N2O4/c1-2-26-16-9-7-14(8-10-16)17-11-18(17)22-20(25)21-12-13-3-5-15(6-4-13)19(23)24/h3-10,17-18H,2,11-12H2,1H3,(H,23,24)(H2,21,22,25)/t17-,18+/m0/s1. The van der Waals surface area contributed by atoms with E-state index in [1.807, 2.05) is 31.2 Å². The van der Waals surface area contributed by atoms with Crippen molar-refractivity contribution in [3.63, 3.8) is 0 Å². The van der Waals surface area contributed by atoms with Gasteiger partial charge >= 0.3 is 12.0 Å². The average molecular weight is 354 g/mol. The fraction of sp³-hybridized carbons (Fsp3) is 0.300. The highest BCUT2D eigenvalue weighted by Crippen LogP contribution is 2.41. The number of hydrogen-bond donors (Lipinski definition) is 3. The van der Waals surface area contributed by atoms with Gasteiger partial charge in [0.25, 0.3) is 0 Å². The lowest BCUT2D eigenvalue weighted by atomic mass is 10.1. The normalized spacial score (nSPS) is 18.0. The van der Waals surface area contributed by atoms with Crippen LogP contribution in [-0.4, -0.2) is 29.8 Å². The number of carboxylic acids is 1. The van der Waals surface area contributed by atoms with Crippen LogP contribution in [0.4, 0.5) is 4.79 Å². The number of benzene rings is 2. The Balaban J connectivity index is 1.43. The minimum Gasteiger partial charge on any atom is -0.494 e. The van der Waals surface area contributed by atoms with Crippen molar-refractivity contribution in [3.8, 4) is 5.75 Å². The van der Waals surface area contributed by atoms with Crippen molar-refractivity contribution < 1.29 is 19.4 Å². The van der Waals surface area contributed by atoms with Gasteiger partial charge in [-0.05, 0) is 48.7 Å². The quantitative estimate of drug-likeness (QED) is 0.713. The van der Waals surface area contributed by atoms with Crippen LogP contribution in [0, 0.1) is 0 Å². The third kappa shape index (κ3) is 4.53. The van der Waals surface area contributed by atoms with Gasteiger partial charge in [-0.2, -0.15) is 0 Å². The molecule has 0 bridgehead atoms. The van der Waals surface area contributed by atoms with Crippen molar-refractivity contribution in [2.24, 2.45) is 0 Å². The van der Waals surface area contributed by atoms with Crippen molar-refractivity contribution >= 4 is 12.0 Å². The second-order valence-corrected chi connectivity index (χ2v) is 6.28. The number of carbonyl (C=O) groups excluding carboxylic acids is 1. The molecule has 2 aromatic rings. The maximum absolute atomic E-state index is 12.0. The van der Waals surface area contributed by atoms with Crippen LogP contribution >= 0.6 is 0 Å². The first kappa shape index (κ1) is 17.8. The largest absolute Gasteiger partial charge is 0.494 e. The molecule has 0 aliphatic heterocycles. The Morgan fingerprint density at radius 3 is 2.42 bits per heavy atom.